The van der Waals surface area contributed by atoms with Gasteiger partial charge in [-0.15, -0.1) is 0 Å². The number of hydrogen-bond acceptors (Lipinski definition) is 2. The summed E-state index contributed by atoms with van der Waals surface area (Å²) in [7, 11) is 0. The predicted octanol–water partition coefficient (Wildman–Crippen LogP) is 3.48. The molecule has 0 aromatic carbocycles. The second kappa shape index (κ2) is 4.07. The molecule has 2 aromatic rings. The van der Waals surface area contributed by atoms with Gasteiger partial charge in [0, 0.05) is 18.7 Å². The van der Waals surface area contributed by atoms with Gasteiger partial charge in [-0.2, -0.15) is 0 Å². The smallest absolute Gasteiger partial charge is 0.138 e. The fraction of sp³-hybridized carbons (Fsp3) is 0.500. The van der Waals surface area contributed by atoms with E-state index < -0.39 is 0 Å². The Balaban J connectivity index is 1.81. The lowest BCUT2D eigenvalue weighted by molar-refractivity contribution is 0.193. The van der Waals surface area contributed by atoms with E-state index in [-0.39, 0.29) is 0 Å². The molecule has 18 heavy (non-hydrogen) atoms. The molecule has 1 aliphatic heterocycles. The molecule has 1 saturated carbocycles. The summed E-state index contributed by atoms with van der Waals surface area (Å²) in [5.74, 6) is 1.23. The van der Waals surface area contributed by atoms with Crippen LogP contribution < -0.4 is 0 Å². The van der Waals surface area contributed by atoms with E-state index in [1.807, 2.05) is 0 Å². The molecule has 1 atom stereocenters. The van der Waals surface area contributed by atoms with Crippen molar-refractivity contribution in [2.24, 2.45) is 0 Å². The molecule has 0 N–H and O–H groups in total. The first kappa shape index (κ1) is 11.0. The Morgan fingerprint density at radius 2 is 2.17 bits per heavy atom. The number of halogens is 1. The van der Waals surface area contributed by atoms with Gasteiger partial charge in [-0.25, -0.2) is 4.98 Å². The highest BCUT2D eigenvalue weighted by Crippen LogP contribution is 2.41. The molecule has 1 saturated heterocycles. The first-order chi connectivity index (χ1) is 8.83. The Morgan fingerprint density at radius 3 is 2.89 bits per heavy atom. The van der Waals surface area contributed by atoms with Crippen LogP contribution in [0.15, 0.2) is 22.9 Å². The van der Waals surface area contributed by atoms with Crippen molar-refractivity contribution < 1.29 is 4.74 Å². The summed E-state index contributed by atoms with van der Waals surface area (Å²) in [4.78, 5) is 4.80. The third-order valence-electron chi connectivity index (χ3n) is 3.98. The lowest BCUT2D eigenvalue weighted by Gasteiger charge is -2.03. The number of imidazole rings is 1. The van der Waals surface area contributed by atoms with Crippen molar-refractivity contribution in [3.05, 3.63) is 34.2 Å². The number of pyridine rings is 1. The van der Waals surface area contributed by atoms with E-state index in [1.54, 1.807) is 0 Å². The second-order valence-corrected chi connectivity index (χ2v) is 6.06. The highest BCUT2D eigenvalue weighted by Gasteiger charge is 2.26. The van der Waals surface area contributed by atoms with Crippen LogP contribution >= 0.6 is 15.9 Å². The van der Waals surface area contributed by atoms with Crippen molar-refractivity contribution in [2.75, 3.05) is 13.2 Å². The van der Waals surface area contributed by atoms with Gasteiger partial charge in [-0.3, -0.25) is 4.40 Å². The van der Waals surface area contributed by atoms with Crippen molar-refractivity contribution in [2.45, 2.75) is 31.1 Å². The summed E-state index contributed by atoms with van der Waals surface area (Å²) in [6, 6.07) is 4.47. The van der Waals surface area contributed by atoms with Crippen molar-refractivity contribution in [1.29, 1.82) is 0 Å². The average molecular weight is 307 g/mol. The van der Waals surface area contributed by atoms with E-state index in [1.165, 1.54) is 18.4 Å². The van der Waals surface area contributed by atoms with Crippen molar-refractivity contribution >= 4 is 21.6 Å². The average Bonchev–Trinajstić information content (AvgIpc) is 3.00. The quantitative estimate of drug-likeness (QED) is 0.849. The molecule has 3 nitrogen and oxygen atoms in total. The van der Waals surface area contributed by atoms with Crippen LogP contribution in [0.2, 0.25) is 0 Å². The monoisotopic (exact) mass is 306 g/mol. The summed E-state index contributed by atoms with van der Waals surface area (Å²) in [5, 5.41) is 0. The van der Waals surface area contributed by atoms with Crippen LogP contribution in [0.1, 0.15) is 42.4 Å². The van der Waals surface area contributed by atoms with Gasteiger partial charge in [0.05, 0.1) is 12.3 Å². The van der Waals surface area contributed by atoms with Gasteiger partial charge in [0.25, 0.3) is 0 Å². The Bertz CT molecular complexity index is 597. The molecule has 3 heterocycles. The Morgan fingerprint density at radius 1 is 1.28 bits per heavy atom. The number of aromatic nitrogens is 2. The number of fused-ring (bicyclic) bond motifs is 1. The third kappa shape index (κ3) is 1.70. The van der Waals surface area contributed by atoms with Gasteiger partial charge in [-0.1, -0.05) is 0 Å². The van der Waals surface area contributed by atoms with Gasteiger partial charge in [-0.05, 0) is 58.8 Å². The molecule has 1 unspecified atom stereocenters. The molecule has 4 rings (SSSR count). The molecular formula is C14H15BrN2O. The largest absolute Gasteiger partial charge is 0.381 e. The Hall–Kier alpha value is -0.870. The maximum absolute atomic E-state index is 5.46. The van der Waals surface area contributed by atoms with E-state index in [9.17, 15) is 0 Å². The Kier molecular flexibility index (Phi) is 2.49. The second-order valence-electron chi connectivity index (χ2n) is 5.31. The van der Waals surface area contributed by atoms with Gasteiger partial charge in [0.2, 0.25) is 0 Å². The Labute approximate surface area is 114 Å². The molecule has 4 heteroatoms. The maximum Gasteiger partial charge on any atom is 0.138 e. The molecule has 0 bridgehead atoms. The van der Waals surface area contributed by atoms with Gasteiger partial charge in [0.1, 0.15) is 10.3 Å². The van der Waals surface area contributed by atoms with Crippen LogP contribution in [0, 0.1) is 0 Å². The van der Waals surface area contributed by atoms with Gasteiger partial charge >= 0.3 is 0 Å². The van der Waals surface area contributed by atoms with E-state index in [0.29, 0.717) is 5.92 Å². The first-order valence-corrected chi connectivity index (χ1v) is 7.37. The van der Waals surface area contributed by atoms with E-state index in [0.717, 1.165) is 41.5 Å². The topological polar surface area (TPSA) is 26.5 Å². The van der Waals surface area contributed by atoms with Crippen molar-refractivity contribution in [1.82, 2.24) is 9.38 Å². The zero-order valence-electron chi connectivity index (χ0n) is 10.1. The lowest BCUT2D eigenvalue weighted by Crippen LogP contribution is -1.98. The standard InChI is InChI=1S/C14H15BrN2O/c15-14-13(11-4-6-18-8-11)16-12-7-10(9-1-2-9)3-5-17(12)14/h3,5,7,9,11H,1-2,4,6,8H2. The van der Waals surface area contributed by atoms with Crippen molar-refractivity contribution in [3.8, 4) is 0 Å². The van der Waals surface area contributed by atoms with Crippen LogP contribution in [0.3, 0.4) is 0 Å². The van der Waals surface area contributed by atoms with Gasteiger partial charge in [0.15, 0.2) is 0 Å². The van der Waals surface area contributed by atoms with E-state index >= 15 is 0 Å². The molecular weight excluding hydrogens is 292 g/mol. The van der Waals surface area contributed by atoms with Crippen LogP contribution in [0.25, 0.3) is 5.65 Å². The minimum absolute atomic E-state index is 0.448. The molecule has 0 spiro atoms. The van der Waals surface area contributed by atoms with Crippen LogP contribution in [0.4, 0.5) is 0 Å². The summed E-state index contributed by atoms with van der Waals surface area (Å²) in [5.41, 5.74) is 3.66. The fourth-order valence-electron chi connectivity index (χ4n) is 2.73. The molecule has 94 valence electrons. The van der Waals surface area contributed by atoms with E-state index in [2.05, 4.69) is 38.7 Å². The third-order valence-corrected chi connectivity index (χ3v) is 4.77. The zero-order chi connectivity index (χ0) is 12.1. The van der Waals surface area contributed by atoms with Crippen LogP contribution in [-0.4, -0.2) is 22.6 Å². The molecule has 0 radical (unpaired) electrons. The summed E-state index contributed by atoms with van der Waals surface area (Å²) < 4.78 is 8.70. The SMILES string of the molecule is Brc1c(C2CCOC2)nc2cc(C3CC3)ccn12. The number of hydrogen-bond donors (Lipinski definition) is 0. The minimum Gasteiger partial charge on any atom is -0.381 e. The highest BCUT2D eigenvalue weighted by molar-refractivity contribution is 9.10. The maximum atomic E-state index is 5.46. The summed E-state index contributed by atoms with van der Waals surface area (Å²) in [6.45, 7) is 1.66. The minimum atomic E-state index is 0.448. The number of nitrogens with zero attached hydrogens (tertiary/aromatic N) is 2. The lowest BCUT2D eigenvalue weighted by atomic mass is 10.1. The normalized spacial score (nSPS) is 23.9. The van der Waals surface area contributed by atoms with Gasteiger partial charge < -0.3 is 4.74 Å². The molecule has 2 aliphatic rings. The van der Waals surface area contributed by atoms with Crippen LogP contribution in [-0.2, 0) is 4.74 Å². The summed E-state index contributed by atoms with van der Waals surface area (Å²) in [6.07, 6.45) is 5.89. The zero-order valence-corrected chi connectivity index (χ0v) is 11.7. The number of ether oxygens (including phenoxy) is 1. The molecule has 2 aromatic heterocycles. The van der Waals surface area contributed by atoms with Crippen molar-refractivity contribution in [3.63, 3.8) is 0 Å². The molecule has 1 aliphatic carbocycles. The van der Waals surface area contributed by atoms with E-state index in [4.69, 9.17) is 9.72 Å². The van der Waals surface area contributed by atoms with Crippen LogP contribution in [0.5, 0.6) is 0 Å². The first-order valence-electron chi connectivity index (χ1n) is 6.58. The predicted molar refractivity (Wildman–Crippen MR) is 73.0 cm³/mol. The molecule has 2 fully saturated rings. The number of rotatable bonds is 2. The fourth-order valence-corrected chi connectivity index (χ4v) is 3.44. The highest BCUT2D eigenvalue weighted by atomic mass is 79.9. The molecule has 0 amide bonds. The summed E-state index contributed by atoms with van der Waals surface area (Å²) >= 11 is 3.68.